The summed E-state index contributed by atoms with van der Waals surface area (Å²) in [7, 11) is 0. The number of alkyl halides is 1. The summed E-state index contributed by atoms with van der Waals surface area (Å²) < 4.78 is 0. The molecule has 1 rings (SSSR count). The van der Waals surface area contributed by atoms with Crippen LogP contribution in [0.15, 0.2) is 0 Å². The number of rotatable bonds is 3. The van der Waals surface area contributed by atoms with Crippen LogP contribution in [0.25, 0.3) is 0 Å². The Morgan fingerprint density at radius 1 is 1.82 bits per heavy atom. The van der Waals surface area contributed by atoms with Crippen molar-refractivity contribution < 1.29 is 4.79 Å². The third-order valence-corrected chi connectivity index (χ3v) is 3.64. The fraction of sp³-hybridized carbons (Fsp3) is 0.857. The molecule has 0 spiro atoms. The highest BCUT2D eigenvalue weighted by Crippen LogP contribution is 2.18. The summed E-state index contributed by atoms with van der Waals surface area (Å²) in [4.78, 5) is 13.0. The van der Waals surface area contributed by atoms with Crippen LogP contribution in [-0.4, -0.2) is 34.3 Å². The van der Waals surface area contributed by atoms with E-state index in [9.17, 15) is 4.79 Å². The van der Waals surface area contributed by atoms with Crippen molar-refractivity contribution in [1.29, 1.82) is 0 Å². The molecule has 0 radical (unpaired) electrons. The molecular formula is C7H12BrNOS. The molecule has 1 heterocycles. The minimum Gasteiger partial charge on any atom is -0.332 e. The third-order valence-electron chi connectivity index (χ3n) is 1.64. The summed E-state index contributed by atoms with van der Waals surface area (Å²) in [6.45, 7) is 3.98. The van der Waals surface area contributed by atoms with Crippen molar-refractivity contribution in [2.45, 2.75) is 6.92 Å². The van der Waals surface area contributed by atoms with Gasteiger partial charge in [0.05, 0.1) is 0 Å². The van der Waals surface area contributed by atoms with Gasteiger partial charge in [-0.2, -0.15) is 0 Å². The second-order valence-corrected chi connectivity index (χ2v) is 4.51. The van der Waals surface area contributed by atoms with Crippen LogP contribution in [0.5, 0.6) is 0 Å². The fourth-order valence-corrected chi connectivity index (χ4v) is 2.06. The van der Waals surface area contributed by atoms with Crippen LogP contribution >= 0.6 is 27.7 Å². The standard InChI is InChI=1S/C7H12BrNOS/c1-6(4-8)5-9-2-3-11-7(9)10/h6H,2-5H2,1H3. The topological polar surface area (TPSA) is 20.3 Å². The lowest BCUT2D eigenvalue weighted by atomic mass is 10.2. The van der Waals surface area contributed by atoms with Crippen molar-refractivity contribution in [3.05, 3.63) is 0 Å². The summed E-state index contributed by atoms with van der Waals surface area (Å²) in [5.74, 6) is 1.53. The number of nitrogens with zero attached hydrogens (tertiary/aromatic N) is 1. The lowest BCUT2D eigenvalue weighted by Gasteiger charge is -2.17. The summed E-state index contributed by atoms with van der Waals surface area (Å²) in [6.07, 6.45) is 0. The summed E-state index contributed by atoms with van der Waals surface area (Å²) in [5.41, 5.74) is 0. The van der Waals surface area contributed by atoms with E-state index in [4.69, 9.17) is 0 Å². The van der Waals surface area contributed by atoms with Crippen LogP contribution in [0, 0.1) is 5.92 Å². The van der Waals surface area contributed by atoms with Gasteiger partial charge in [0.1, 0.15) is 0 Å². The predicted octanol–water partition coefficient (Wildman–Crippen LogP) is 2.19. The molecule has 0 aliphatic carbocycles. The van der Waals surface area contributed by atoms with Gasteiger partial charge in [0, 0.05) is 24.2 Å². The highest BCUT2D eigenvalue weighted by atomic mass is 79.9. The lowest BCUT2D eigenvalue weighted by Crippen LogP contribution is -2.28. The molecule has 1 unspecified atom stereocenters. The molecule has 1 fully saturated rings. The number of carbonyl (C=O) groups is 1. The minimum absolute atomic E-state index is 0.248. The van der Waals surface area contributed by atoms with E-state index in [1.165, 1.54) is 11.8 Å². The van der Waals surface area contributed by atoms with Crippen LogP contribution in [0.2, 0.25) is 0 Å². The van der Waals surface area contributed by atoms with Crippen molar-refractivity contribution in [2.24, 2.45) is 5.92 Å². The second-order valence-electron chi connectivity index (χ2n) is 2.82. The molecule has 1 aliphatic rings. The number of hydrogen-bond donors (Lipinski definition) is 0. The first-order valence-electron chi connectivity index (χ1n) is 3.71. The van der Waals surface area contributed by atoms with Gasteiger partial charge in [0.15, 0.2) is 0 Å². The smallest absolute Gasteiger partial charge is 0.281 e. The molecule has 0 N–H and O–H groups in total. The quantitative estimate of drug-likeness (QED) is 0.702. The van der Waals surface area contributed by atoms with Gasteiger partial charge in [0.25, 0.3) is 5.24 Å². The van der Waals surface area contributed by atoms with Gasteiger partial charge in [-0.25, -0.2) is 0 Å². The van der Waals surface area contributed by atoms with Gasteiger partial charge in [-0.05, 0) is 5.92 Å². The van der Waals surface area contributed by atoms with Gasteiger partial charge >= 0.3 is 0 Å². The van der Waals surface area contributed by atoms with E-state index in [-0.39, 0.29) is 5.24 Å². The normalized spacial score (nSPS) is 20.9. The highest BCUT2D eigenvalue weighted by molar-refractivity contribution is 9.09. The molecule has 1 atom stereocenters. The van der Waals surface area contributed by atoms with E-state index in [0.29, 0.717) is 5.92 Å². The first-order valence-corrected chi connectivity index (χ1v) is 5.82. The highest BCUT2D eigenvalue weighted by Gasteiger charge is 2.21. The summed E-state index contributed by atoms with van der Waals surface area (Å²) in [6, 6.07) is 0. The number of carbonyl (C=O) groups excluding carboxylic acids is 1. The van der Waals surface area contributed by atoms with Crippen molar-refractivity contribution >= 4 is 32.9 Å². The number of halogens is 1. The Morgan fingerprint density at radius 3 is 3.00 bits per heavy atom. The molecule has 64 valence electrons. The molecule has 4 heteroatoms. The number of hydrogen-bond acceptors (Lipinski definition) is 2. The zero-order valence-corrected chi connectivity index (χ0v) is 8.95. The molecule has 1 saturated heterocycles. The van der Waals surface area contributed by atoms with Crippen molar-refractivity contribution in [3.8, 4) is 0 Å². The van der Waals surface area contributed by atoms with Crippen molar-refractivity contribution in [1.82, 2.24) is 4.90 Å². The van der Waals surface area contributed by atoms with E-state index in [1.807, 2.05) is 4.90 Å². The second kappa shape index (κ2) is 4.36. The zero-order chi connectivity index (χ0) is 8.27. The van der Waals surface area contributed by atoms with Crippen LogP contribution in [0.4, 0.5) is 4.79 Å². The molecule has 0 bridgehead atoms. The Bertz CT molecular complexity index is 153. The molecule has 11 heavy (non-hydrogen) atoms. The molecule has 0 aromatic carbocycles. The van der Waals surface area contributed by atoms with E-state index >= 15 is 0 Å². The average molecular weight is 238 g/mol. The Labute approximate surface area is 79.8 Å². The maximum Gasteiger partial charge on any atom is 0.281 e. The van der Waals surface area contributed by atoms with Gasteiger partial charge < -0.3 is 4.90 Å². The van der Waals surface area contributed by atoms with Crippen molar-refractivity contribution in [3.63, 3.8) is 0 Å². The molecule has 0 saturated carbocycles. The fourth-order valence-electron chi connectivity index (χ4n) is 1.02. The predicted molar refractivity (Wildman–Crippen MR) is 52.4 cm³/mol. The molecule has 0 aromatic rings. The minimum atomic E-state index is 0.248. The van der Waals surface area contributed by atoms with Crippen LogP contribution in [0.3, 0.4) is 0 Å². The molecule has 1 aliphatic heterocycles. The number of amides is 1. The third kappa shape index (κ3) is 2.67. The van der Waals surface area contributed by atoms with E-state index < -0.39 is 0 Å². The van der Waals surface area contributed by atoms with Crippen LogP contribution in [-0.2, 0) is 0 Å². The zero-order valence-electron chi connectivity index (χ0n) is 6.55. The number of thioether (sulfide) groups is 1. The maximum atomic E-state index is 11.1. The van der Waals surface area contributed by atoms with Gasteiger partial charge in [-0.3, -0.25) is 4.79 Å². The SMILES string of the molecule is CC(CBr)CN1CCSC1=O. The van der Waals surface area contributed by atoms with Crippen molar-refractivity contribution in [2.75, 3.05) is 24.2 Å². The van der Waals surface area contributed by atoms with Gasteiger partial charge in [0.2, 0.25) is 0 Å². The van der Waals surface area contributed by atoms with Crippen LogP contribution in [0.1, 0.15) is 6.92 Å². The largest absolute Gasteiger partial charge is 0.332 e. The molecule has 2 nitrogen and oxygen atoms in total. The first kappa shape index (κ1) is 9.39. The molecular weight excluding hydrogens is 226 g/mol. The Balaban J connectivity index is 2.30. The van der Waals surface area contributed by atoms with E-state index in [1.54, 1.807) is 0 Å². The Hall–Kier alpha value is 0.300. The average Bonchev–Trinajstić information content (AvgIpc) is 2.37. The van der Waals surface area contributed by atoms with Crippen LogP contribution < -0.4 is 0 Å². The monoisotopic (exact) mass is 237 g/mol. The van der Waals surface area contributed by atoms with Gasteiger partial charge in [-0.15, -0.1) is 0 Å². The molecule has 0 aromatic heterocycles. The van der Waals surface area contributed by atoms with E-state index in [0.717, 1.165) is 24.2 Å². The summed E-state index contributed by atoms with van der Waals surface area (Å²) >= 11 is 4.83. The summed E-state index contributed by atoms with van der Waals surface area (Å²) in [5, 5.41) is 1.22. The molecule has 1 amide bonds. The van der Waals surface area contributed by atoms with E-state index in [2.05, 4.69) is 22.9 Å². The van der Waals surface area contributed by atoms with Gasteiger partial charge in [-0.1, -0.05) is 34.6 Å². The first-order chi connectivity index (χ1) is 5.24. The maximum absolute atomic E-state index is 11.1. The Morgan fingerprint density at radius 2 is 2.55 bits per heavy atom. The lowest BCUT2D eigenvalue weighted by molar-refractivity contribution is 0.224. The Kier molecular flexibility index (Phi) is 3.72.